The molecular formula is C13H20O3. The second kappa shape index (κ2) is 8.77. The molecule has 0 aromatic heterocycles. The molecule has 0 atom stereocenters. The first-order valence-electron chi connectivity index (χ1n) is 5.54. The van der Waals surface area contributed by atoms with Crippen molar-refractivity contribution in [1.29, 1.82) is 0 Å². The molecule has 0 spiro atoms. The van der Waals surface area contributed by atoms with E-state index in [1.807, 2.05) is 25.1 Å². The molecule has 3 nitrogen and oxygen atoms in total. The molecule has 90 valence electrons. The van der Waals surface area contributed by atoms with Crippen LogP contribution < -0.4 is 0 Å². The molecular weight excluding hydrogens is 204 g/mol. The highest BCUT2D eigenvalue weighted by molar-refractivity contribution is 5.66. The van der Waals surface area contributed by atoms with Gasteiger partial charge in [-0.1, -0.05) is 38.0 Å². The predicted molar refractivity (Wildman–Crippen MR) is 64.6 cm³/mol. The Balaban J connectivity index is 0.000000281. The molecule has 0 saturated carbocycles. The van der Waals surface area contributed by atoms with E-state index < -0.39 is 5.97 Å². The van der Waals surface area contributed by atoms with E-state index in [4.69, 9.17) is 10.2 Å². The number of rotatable bonds is 4. The van der Waals surface area contributed by atoms with Gasteiger partial charge in [-0.25, -0.2) is 0 Å². The minimum atomic E-state index is -0.682. The van der Waals surface area contributed by atoms with Crippen molar-refractivity contribution in [2.24, 2.45) is 0 Å². The van der Waals surface area contributed by atoms with Crippen LogP contribution in [0.15, 0.2) is 24.3 Å². The number of hydrogen-bond donors (Lipinski definition) is 2. The van der Waals surface area contributed by atoms with E-state index in [2.05, 4.69) is 6.92 Å². The number of carbonyl (C=O) groups is 1. The van der Waals surface area contributed by atoms with Crippen molar-refractivity contribution in [3.63, 3.8) is 0 Å². The zero-order valence-electron chi connectivity index (χ0n) is 9.94. The first-order chi connectivity index (χ1) is 7.57. The van der Waals surface area contributed by atoms with Gasteiger partial charge in [0.15, 0.2) is 0 Å². The van der Waals surface area contributed by atoms with E-state index in [0.717, 1.165) is 24.8 Å². The number of phenolic OH excluding ortho intramolecular Hbond substituents is 1. The summed E-state index contributed by atoms with van der Waals surface area (Å²) in [5, 5.41) is 17.1. The molecule has 0 fully saturated rings. The number of aliphatic carboxylic acids is 1. The van der Waals surface area contributed by atoms with Crippen LogP contribution in [0, 0.1) is 6.92 Å². The average Bonchev–Trinajstić information content (AvgIpc) is 2.23. The lowest BCUT2D eigenvalue weighted by Crippen LogP contribution is -1.92. The number of benzene rings is 1. The van der Waals surface area contributed by atoms with Gasteiger partial charge in [-0.3, -0.25) is 4.79 Å². The summed E-state index contributed by atoms with van der Waals surface area (Å²) in [6.07, 6.45) is 3.28. The van der Waals surface area contributed by atoms with Crippen LogP contribution in [-0.4, -0.2) is 16.2 Å². The van der Waals surface area contributed by atoms with Gasteiger partial charge in [-0.05, 0) is 25.0 Å². The molecule has 0 unspecified atom stereocenters. The van der Waals surface area contributed by atoms with E-state index in [-0.39, 0.29) is 0 Å². The highest BCUT2D eigenvalue weighted by atomic mass is 16.4. The molecule has 0 radical (unpaired) electrons. The summed E-state index contributed by atoms with van der Waals surface area (Å²) in [6, 6.07) is 7.25. The number of aromatic hydroxyl groups is 1. The fraction of sp³-hybridized carbons (Fsp3) is 0.462. The van der Waals surface area contributed by atoms with E-state index in [0.29, 0.717) is 12.2 Å². The van der Waals surface area contributed by atoms with Crippen molar-refractivity contribution in [2.45, 2.75) is 39.5 Å². The molecule has 0 aliphatic rings. The third-order valence-electron chi connectivity index (χ3n) is 2.11. The standard InChI is InChI=1S/C7H8O.C6H12O2/c1-6-4-2-3-5-7(6)8;1-2-3-4-5-6(7)8/h2-5,8H,1H3;2-5H2,1H3,(H,7,8). The van der Waals surface area contributed by atoms with Crippen LogP contribution in [-0.2, 0) is 4.79 Å². The van der Waals surface area contributed by atoms with Crippen LogP contribution in [0.5, 0.6) is 5.75 Å². The molecule has 1 aromatic rings. The number of unbranched alkanes of at least 4 members (excludes halogenated alkanes) is 2. The Hall–Kier alpha value is -1.51. The monoisotopic (exact) mass is 224 g/mol. The molecule has 16 heavy (non-hydrogen) atoms. The number of carboxylic acid groups (broad SMARTS) is 1. The third-order valence-corrected chi connectivity index (χ3v) is 2.11. The van der Waals surface area contributed by atoms with Crippen LogP contribution in [0.1, 0.15) is 38.2 Å². The van der Waals surface area contributed by atoms with E-state index in [1.165, 1.54) is 0 Å². The van der Waals surface area contributed by atoms with E-state index >= 15 is 0 Å². The second-order valence-electron chi connectivity index (χ2n) is 3.64. The molecule has 0 heterocycles. The van der Waals surface area contributed by atoms with Crippen LogP contribution in [0.25, 0.3) is 0 Å². The smallest absolute Gasteiger partial charge is 0.303 e. The molecule has 1 rings (SSSR count). The van der Waals surface area contributed by atoms with Crippen LogP contribution in [0.3, 0.4) is 0 Å². The maximum atomic E-state index is 9.87. The molecule has 0 bridgehead atoms. The molecule has 2 N–H and O–H groups in total. The highest BCUT2D eigenvalue weighted by Gasteiger charge is 1.92. The highest BCUT2D eigenvalue weighted by Crippen LogP contribution is 2.12. The van der Waals surface area contributed by atoms with Gasteiger partial charge in [0, 0.05) is 6.42 Å². The zero-order chi connectivity index (χ0) is 12.4. The summed E-state index contributed by atoms with van der Waals surface area (Å²) in [4.78, 5) is 9.87. The number of carboxylic acids is 1. The maximum absolute atomic E-state index is 9.87. The summed E-state index contributed by atoms with van der Waals surface area (Å²) in [5.41, 5.74) is 0.924. The van der Waals surface area contributed by atoms with Gasteiger partial charge in [0.2, 0.25) is 0 Å². The average molecular weight is 224 g/mol. The van der Waals surface area contributed by atoms with Gasteiger partial charge < -0.3 is 10.2 Å². The lowest BCUT2D eigenvalue weighted by atomic mass is 10.2. The van der Waals surface area contributed by atoms with Gasteiger partial charge in [-0.15, -0.1) is 0 Å². The minimum absolute atomic E-state index is 0.327. The number of aryl methyl sites for hydroxylation is 1. The predicted octanol–water partition coefficient (Wildman–Crippen LogP) is 3.35. The molecule has 0 amide bonds. The van der Waals surface area contributed by atoms with Crippen molar-refractivity contribution in [1.82, 2.24) is 0 Å². The quantitative estimate of drug-likeness (QED) is 0.771. The largest absolute Gasteiger partial charge is 0.508 e. The zero-order valence-corrected chi connectivity index (χ0v) is 9.94. The van der Waals surface area contributed by atoms with Crippen LogP contribution in [0.4, 0.5) is 0 Å². The number of para-hydroxylation sites is 1. The van der Waals surface area contributed by atoms with Gasteiger partial charge in [-0.2, -0.15) is 0 Å². The lowest BCUT2D eigenvalue weighted by molar-refractivity contribution is -0.137. The van der Waals surface area contributed by atoms with Crippen molar-refractivity contribution < 1.29 is 15.0 Å². The van der Waals surface area contributed by atoms with Crippen LogP contribution >= 0.6 is 0 Å². The molecule has 3 heteroatoms. The Morgan fingerprint density at radius 1 is 1.25 bits per heavy atom. The summed E-state index contributed by atoms with van der Waals surface area (Å²) in [5.74, 6) is -0.314. The van der Waals surface area contributed by atoms with E-state index in [9.17, 15) is 4.79 Å². The fourth-order valence-electron chi connectivity index (χ4n) is 1.09. The van der Waals surface area contributed by atoms with Crippen molar-refractivity contribution in [3.8, 4) is 5.75 Å². The van der Waals surface area contributed by atoms with Crippen molar-refractivity contribution in [3.05, 3.63) is 29.8 Å². The molecule has 0 aliphatic heterocycles. The SMILES string of the molecule is CCCCCC(=O)O.Cc1ccccc1O. The molecule has 1 aromatic carbocycles. The first-order valence-corrected chi connectivity index (χ1v) is 5.54. The van der Waals surface area contributed by atoms with Gasteiger partial charge in [0.1, 0.15) is 5.75 Å². The Kier molecular flexibility index (Phi) is 7.94. The van der Waals surface area contributed by atoms with Crippen molar-refractivity contribution in [2.75, 3.05) is 0 Å². The summed E-state index contributed by atoms with van der Waals surface area (Å²) < 4.78 is 0. The first kappa shape index (κ1) is 14.5. The molecule has 0 saturated heterocycles. The minimum Gasteiger partial charge on any atom is -0.508 e. The van der Waals surface area contributed by atoms with Crippen molar-refractivity contribution >= 4 is 5.97 Å². The third kappa shape index (κ3) is 7.85. The Morgan fingerprint density at radius 3 is 2.25 bits per heavy atom. The maximum Gasteiger partial charge on any atom is 0.303 e. The van der Waals surface area contributed by atoms with Gasteiger partial charge in [0.25, 0.3) is 0 Å². The van der Waals surface area contributed by atoms with E-state index in [1.54, 1.807) is 6.07 Å². The lowest BCUT2D eigenvalue weighted by Gasteiger charge is -1.92. The van der Waals surface area contributed by atoms with Crippen LogP contribution in [0.2, 0.25) is 0 Å². The Bertz CT molecular complexity index is 287. The number of hydrogen-bond acceptors (Lipinski definition) is 2. The van der Waals surface area contributed by atoms with Gasteiger partial charge >= 0.3 is 5.97 Å². The fourth-order valence-corrected chi connectivity index (χ4v) is 1.09. The topological polar surface area (TPSA) is 57.5 Å². The van der Waals surface area contributed by atoms with Gasteiger partial charge in [0.05, 0.1) is 0 Å². The Labute approximate surface area is 96.7 Å². The second-order valence-corrected chi connectivity index (χ2v) is 3.64. The summed E-state index contributed by atoms with van der Waals surface area (Å²) >= 11 is 0. The number of phenols is 1. The summed E-state index contributed by atoms with van der Waals surface area (Å²) in [6.45, 7) is 3.93. The Morgan fingerprint density at radius 2 is 1.88 bits per heavy atom. The molecule has 0 aliphatic carbocycles. The normalized spacial score (nSPS) is 9.12. The summed E-state index contributed by atoms with van der Waals surface area (Å²) in [7, 11) is 0.